The largest absolute Gasteiger partial charge is 0.444 e. The first-order chi connectivity index (χ1) is 11.3. The molecule has 1 aromatic rings. The van der Waals surface area contributed by atoms with E-state index in [0.717, 1.165) is 25.9 Å². The second kappa shape index (κ2) is 7.16. The zero-order valence-electron chi connectivity index (χ0n) is 16.1. The van der Waals surface area contributed by atoms with Gasteiger partial charge in [-0.15, -0.1) is 0 Å². The van der Waals surface area contributed by atoms with Crippen LogP contribution in [0.1, 0.15) is 71.9 Å². The number of amides is 1. The van der Waals surface area contributed by atoms with Gasteiger partial charge >= 0.3 is 6.09 Å². The van der Waals surface area contributed by atoms with E-state index in [2.05, 4.69) is 22.9 Å². The molecule has 3 rings (SSSR count). The maximum Gasteiger partial charge on any atom is 0.410 e. The van der Waals surface area contributed by atoms with Crippen molar-refractivity contribution >= 4 is 6.09 Å². The quantitative estimate of drug-likeness (QED) is 0.755. The average Bonchev–Trinajstić information content (AvgIpc) is 2.92. The van der Waals surface area contributed by atoms with Gasteiger partial charge in [0.15, 0.2) is 0 Å². The zero-order chi connectivity index (χ0) is 18.0. The molecule has 2 heterocycles. The van der Waals surface area contributed by atoms with Crippen molar-refractivity contribution in [1.29, 1.82) is 0 Å². The Balaban J connectivity index is 0.00000100. The summed E-state index contributed by atoms with van der Waals surface area (Å²) in [6, 6.07) is 0.523. The first-order valence-corrected chi connectivity index (χ1v) is 9.25. The molecule has 1 saturated carbocycles. The van der Waals surface area contributed by atoms with E-state index in [0.29, 0.717) is 11.5 Å². The Morgan fingerprint density at radius 2 is 1.83 bits per heavy atom. The van der Waals surface area contributed by atoms with Gasteiger partial charge in [-0.2, -0.15) is 5.10 Å². The van der Waals surface area contributed by atoms with Crippen LogP contribution < -0.4 is 0 Å². The zero-order valence-corrected chi connectivity index (χ0v) is 16.1. The van der Waals surface area contributed by atoms with E-state index in [-0.39, 0.29) is 6.09 Å². The van der Waals surface area contributed by atoms with E-state index in [1.165, 1.54) is 18.4 Å². The molecule has 0 unspecified atom stereocenters. The van der Waals surface area contributed by atoms with Crippen LogP contribution in [0.5, 0.6) is 0 Å². The van der Waals surface area contributed by atoms with E-state index < -0.39 is 5.60 Å². The third-order valence-corrected chi connectivity index (χ3v) is 4.82. The number of aryl methyl sites for hydroxylation is 1. The molecular weight excluding hydrogens is 302 g/mol. The molecule has 136 valence electrons. The van der Waals surface area contributed by atoms with Crippen LogP contribution in [-0.2, 0) is 4.74 Å². The smallest absolute Gasteiger partial charge is 0.410 e. The van der Waals surface area contributed by atoms with Gasteiger partial charge in [0.25, 0.3) is 0 Å². The van der Waals surface area contributed by atoms with Gasteiger partial charge in [0.2, 0.25) is 0 Å². The Morgan fingerprint density at radius 3 is 2.29 bits per heavy atom. The van der Waals surface area contributed by atoms with Crippen molar-refractivity contribution in [3.8, 4) is 0 Å². The molecule has 1 aliphatic heterocycles. The monoisotopic (exact) mass is 335 g/mol. The first-order valence-electron chi connectivity index (χ1n) is 9.25. The number of rotatable bonds is 1. The standard InChI is InChI=1S/C17H27N3O2.C2H6/c1-13-9-18-20(10-13)14-5-7-17(8-6-14)11-19(12-17)15(21)22-16(2,3)4;1-2/h9-10,14H,5-8,11-12H2,1-4H3;1-2H3. The predicted octanol–water partition coefficient (Wildman–Crippen LogP) is 4.57. The lowest BCUT2D eigenvalue weighted by Crippen LogP contribution is -2.60. The molecule has 1 spiro atoms. The van der Waals surface area contributed by atoms with Gasteiger partial charge in [0.05, 0.1) is 12.2 Å². The molecule has 1 aromatic heterocycles. The fraction of sp³-hybridized carbons (Fsp3) is 0.789. The van der Waals surface area contributed by atoms with Crippen molar-refractivity contribution in [3.63, 3.8) is 0 Å². The van der Waals surface area contributed by atoms with Crippen molar-refractivity contribution in [2.24, 2.45) is 5.41 Å². The average molecular weight is 335 g/mol. The van der Waals surface area contributed by atoms with E-state index in [4.69, 9.17) is 4.74 Å². The Bertz CT molecular complexity index is 543. The van der Waals surface area contributed by atoms with Crippen LogP contribution in [0, 0.1) is 12.3 Å². The van der Waals surface area contributed by atoms with Crippen LogP contribution in [0.3, 0.4) is 0 Å². The molecule has 0 radical (unpaired) electrons. The number of hydrogen-bond acceptors (Lipinski definition) is 3. The summed E-state index contributed by atoms with van der Waals surface area (Å²) < 4.78 is 7.56. The molecule has 1 amide bonds. The Hall–Kier alpha value is -1.52. The van der Waals surface area contributed by atoms with Gasteiger partial charge in [-0.3, -0.25) is 4.68 Å². The second-order valence-corrected chi connectivity index (χ2v) is 8.07. The second-order valence-electron chi connectivity index (χ2n) is 8.07. The molecule has 1 saturated heterocycles. The highest BCUT2D eigenvalue weighted by Crippen LogP contribution is 2.47. The molecule has 0 atom stereocenters. The Labute approximate surface area is 146 Å². The molecule has 0 bridgehead atoms. The molecule has 5 nitrogen and oxygen atoms in total. The van der Waals surface area contributed by atoms with Gasteiger partial charge in [0.1, 0.15) is 5.60 Å². The van der Waals surface area contributed by atoms with Crippen LogP contribution in [0.15, 0.2) is 12.4 Å². The molecule has 2 fully saturated rings. The summed E-state index contributed by atoms with van der Waals surface area (Å²) in [5.41, 5.74) is 1.14. The van der Waals surface area contributed by atoms with E-state index in [1.807, 2.05) is 45.7 Å². The molecule has 1 aliphatic carbocycles. The highest BCUT2D eigenvalue weighted by molar-refractivity contribution is 5.69. The topological polar surface area (TPSA) is 47.4 Å². The van der Waals surface area contributed by atoms with Crippen LogP contribution >= 0.6 is 0 Å². The fourth-order valence-electron chi connectivity index (χ4n) is 3.65. The van der Waals surface area contributed by atoms with Gasteiger partial charge in [-0.1, -0.05) is 13.8 Å². The van der Waals surface area contributed by atoms with Crippen LogP contribution in [0.2, 0.25) is 0 Å². The van der Waals surface area contributed by atoms with Crippen LogP contribution in [0.4, 0.5) is 4.79 Å². The highest BCUT2D eigenvalue weighted by atomic mass is 16.6. The number of likely N-dealkylation sites (tertiary alicyclic amines) is 1. The van der Waals surface area contributed by atoms with Crippen molar-refractivity contribution in [3.05, 3.63) is 18.0 Å². The summed E-state index contributed by atoms with van der Waals surface area (Å²) in [6.07, 6.45) is 8.56. The van der Waals surface area contributed by atoms with Gasteiger partial charge < -0.3 is 9.64 Å². The molecule has 0 N–H and O–H groups in total. The molecule has 2 aliphatic rings. The minimum Gasteiger partial charge on any atom is -0.444 e. The molecule has 24 heavy (non-hydrogen) atoms. The minimum atomic E-state index is -0.407. The normalized spacial score (nSPS) is 20.2. The highest BCUT2D eigenvalue weighted by Gasteiger charge is 2.48. The maximum atomic E-state index is 12.0. The fourth-order valence-corrected chi connectivity index (χ4v) is 3.65. The van der Waals surface area contributed by atoms with Crippen molar-refractivity contribution in [1.82, 2.24) is 14.7 Å². The van der Waals surface area contributed by atoms with E-state index >= 15 is 0 Å². The maximum absolute atomic E-state index is 12.0. The lowest BCUT2D eigenvalue weighted by molar-refractivity contribution is -0.0538. The number of aromatic nitrogens is 2. The Morgan fingerprint density at radius 1 is 1.25 bits per heavy atom. The number of nitrogens with zero attached hydrogens (tertiary/aromatic N) is 3. The van der Waals surface area contributed by atoms with Crippen molar-refractivity contribution in [2.45, 2.75) is 78.9 Å². The predicted molar refractivity (Wildman–Crippen MR) is 96.1 cm³/mol. The van der Waals surface area contributed by atoms with Gasteiger partial charge in [-0.05, 0) is 58.9 Å². The number of hydrogen-bond donors (Lipinski definition) is 0. The SMILES string of the molecule is CC.Cc1cnn(C2CCC3(CC2)CN(C(=O)OC(C)(C)C)C3)c1. The van der Waals surface area contributed by atoms with E-state index in [9.17, 15) is 4.79 Å². The summed E-state index contributed by atoms with van der Waals surface area (Å²) in [7, 11) is 0. The minimum absolute atomic E-state index is 0.164. The van der Waals surface area contributed by atoms with Crippen LogP contribution in [0.25, 0.3) is 0 Å². The van der Waals surface area contributed by atoms with Gasteiger partial charge in [0, 0.05) is 24.7 Å². The molecule has 5 heteroatoms. The lowest BCUT2D eigenvalue weighted by atomic mass is 9.67. The van der Waals surface area contributed by atoms with Crippen molar-refractivity contribution in [2.75, 3.05) is 13.1 Å². The number of carbonyl (C=O) groups excluding carboxylic acids is 1. The summed E-state index contributed by atoms with van der Waals surface area (Å²) in [5, 5.41) is 4.45. The van der Waals surface area contributed by atoms with Crippen molar-refractivity contribution < 1.29 is 9.53 Å². The molecular formula is C19H33N3O2. The molecule has 0 aromatic carbocycles. The lowest BCUT2D eigenvalue weighted by Gasteiger charge is -2.53. The van der Waals surface area contributed by atoms with E-state index in [1.54, 1.807) is 0 Å². The third kappa shape index (κ3) is 4.31. The number of carbonyl (C=O) groups is 1. The van der Waals surface area contributed by atoms with Gasteiger partial charge in [-0.25, -0.2) is 4.79 Å². The summed E-state index contributed by atoms with van der Waals surface area (Å²) in [6.45, 7) is 13.5. The van der Waals surface area contributed by atoms with Crippen LogP contribution in [-0.4, -0.2) is 39.5 Å². The Kier molecular flexibility index (Phi) is 5.61. The first kappa shape index (κ1) is 18.8. The summed E-state index contributed by atoms with van der Waals surface area (Å²) in [4.78, 5) is 13.9. The number of ether oxygens (including phenoxy) is 1. The third-order valence-electron chi connectivity index (χ3n) is 4.82. The summed E-state index contributed by atoms with van der Waals surface area (Å²) in [5.74, 6) is 0. The summed E-state index contributed by atoms with van der Waals surface area (Å²) >= 11 is 0.